The molecule has 0 aliphatic heterocycles. The Bertz CT molecular complexity index is 3080. The van der Waals surface area contributed by atoms with E-state index in [1.807, 2.05) is 72.8 Å². The molecule has 0 unspecified atom stereocenters. The molecule has 0 amide bonds. The van der Waals surface area contributed by atoms with Crippen LogP contribution in [0.25, 0.3) is 104 Å². The van der Waals surface area contributed by atoms with E-state index in [1.165, 1.54) is 36.5 Å². The first-order valence-electron chi connectivity index (χ1n) is 16.9. The van der Waals surface area contributed by atoms with Gasteiger partial charge in [-0.3, -0.25) is 0 Å². The number of fused-ring (bicyclic) bond motifs is 10. The number of thiophene rings is 1. The number of para-hydroxylation sites is 2. The zero-order chi connectivity index (χ0) is 33.5. The molecule has 5 nitrogen and oxygen atoms in total. The quantitative estimate of drug-likeness (QED) is 0.187. The minimum atomic E-state index is 0.657. The fraction of sp³-hybridized carbons (Fsp3) is 0. The van der Waals surface area contributed by atoms with Crippen molar-refractivity contribution in [3.05, 3.63) is 158 Å². The molecule has 6 heteroatoms. The van der Waals surface area contributed by atoms with Gasteiger partial charge in [0.25, 0.3) is 0 Å². The molecule has 0 spiro atoms. The van der Waals surface area contributed by atoms with Crippen LogP contribution in [0, 0.1) is 0 Å². The van der Waals surface area contributed by atoms with E-state index in [1.54, 1.807) is 11.3 Å². The van der Waals surface area contributed by atoms with Crippen LogP contribution in [0.1, 0.15) is 0 Å². The number of aromatic nitrogens is 4. The second-order valence-corrected chi connectivity index (χ2v) is 13.9. The van der Waals surface area contributed by atoms with Gasteiger partial charge in [-0.15, -0.1) is 11.3 Å². The SMILES string of the molecule is c1ccc(-c2nc(-c3ccccc3)nc(-c3ccc4c(c3)sc3ccc(-n5c6ccccc6c6ccc7oc8ccccc8c7c65)cc34)n2)cc1. The molecule has 0 N–H and O–H groups in total. The highest BCUT2D eigenvalue weighted by Gasteiger charge is 2.20. The lowest BCUT2D eigenvalue weighted by Crippen LogP contribution is -1.99. The van der Waals surface area contributed by atoms with Crippen LogP contribution in [0.15, 0.2) is 162 Å². The van der Waals surface area contributed by atoms with Crippen LogP contribution in [0.2, 0.25) is 0 Å². The van der Waals surface area contributed by atoms with E-state index < -0.39 is 0 Å². The minimum absolute atomic E-state index is 0.657. The number of benzene rings is 7. The molecule has 0 aliphatic rings. The molecule has 4 heterocycles. The summed E-state index contributed by atoms with van der Waals surface area (Å²) in [5, 5.41) is 7.14. The molecule has 0 atom stereocenters. The summed E-state index contributed by atoms with van der Waals surface area (Å²) in [5.74, 6) is 1.97. The Balaban J connectivity index is 1.10. The third-order valence-electron chi connectivity index (χ3n) is 9.85. The number of rotatable bonds is 4. The van der Waals surface area contributed by atoms with Crippen molar-refractivity contribution < 1.29 is 4.42 Å². The van der Waals surface area contributed by atoms with E-state index in [4.69, 9.17) is 19.4 Å². The molecule has 4 aromatic heterocycles. The van der Waals surface area contributed by atoms with Crippen LogP contribution in [0.4, 0.5) is 0 Å². The Kier molecular flexibility index (Phi) is 6.05. The maximum Gasteiger partial charge on any atom is 0.164 e. The molecule has 0 saturated heterocycles. The van der Waals surface area contributed by atoms with Crippen molar-refractivity contribution in [3.8, 4) is 39.9 Å². The van der Waals surface area contributed by atoms with Gasteiger partial charge < -0.3 is 8.98 Å². The van der Waals surface area contributed by atoms with Crippen LogP contribution in [0.5, 0.6) is 0 Å². The Hall–Kier alpha value is -6.63. The van der Waals surface area contributed by atoms with E-state index in [2.05, 4.69) is 89.5 Å². The summed E-state index contributed by atoms with van der Waals surface area (Å²) in [7, 11) is 0. The van der Waals surface area contributed by atoms with Crippen LogP contribution in [-0.2, 0) is 0 Å². The van der Waals surface area contributed by atoms with Gasteiger partial charge in [-0.05, 0) is 48.5 Å². The maximum atomic E-state index is 6.35. The van der Waals surface area contributed by atoms with Crippen molar-refractivity contribution in [1.82, 2.24) is 19.5 Å². The summed E-state index contributed by atoms with van der Waals surface area (Å²) >= 11 is 1.80. The molecular weight excluding hydrogens is 645 g/mol. The van der Waals surface area contributed by atoms with Crippen LogP contribution in [0.3, 0.4) is 0 Å². The van der Waals surface area contributed by atoms with Crippen molar-refractivity contribution in [2.45, 2.75) is 0 Å². The van der Waals surface area contributed by atoms with Gasteiger partial charge in [-0.2, -0.15) is 0 Å². The van der Waals surface area contributed by atoms with Gasteiger partial charge in [0.15, 0.2) is 17.5 Å². The first kappa shape index (κ1) is 28.2. The Morgan fingerprint density at radius 2 is 1.08 bits per heavy atom. The van der Waals surface area contributed by atoms with Crippen molar-refractivity contribution in [3.63, 3.8) is 0 Å². The summed E-state index contributed by atoms with van der Waals surface area (Å²) in [6, 6.07) is 55.0. The Labute approximate surface area is 295 Å². The van der Waals surface area contributed by atoms with Crippen LogP contribution in [-0.4, -0.2) is 19.5 Å². The molecular formula is C45H26N4OS. The zero-order valence-corrected chi connectivity index (χ0v) is 27.9. The number of hydrogen-bond donors (Lipinski definition) is 0. The lowest BCUT2D eigenvalue weighted by atomic mass is 10.1. The topological polar surface area (TPSA) is 56.7 Å². The third kappa shape index (κ3) is 4.37. The van der Waals surface area contributed by atoms with Gasteiger partial charge in [0, 0.05) is 58.7 Å². The average molecular weight is 671 g/mol. The monoisotopic (exact) mass is 670 g/mol. The van der Waals surface area contributed by atoms with Gasteiger partial charge in [-0.1, -0.05) is 109 Å². The number of nitrogens with zero attached hydrogens (tertiary/aromatic N) is 4. The third-order valence-corrected chi connectivity index (χ3v) is 11.0. The van der Waals surface area contributed by atoms with E-state index in [0.717, 1.165) is 49.8 Å². The summed E-state index contributed by atoms with van der Waals surface area (Å²) in [6.45, 7) is 0. The van der Waals surface area contributed by atoms with Crippen LogP contribution >= 0.6 is 11.3 Å². The maximum absolute atomic E-state index is 6.35. The lowest BCUT2D eigenvalue weighted by Gasteiger charge is -2.09. The smallest absolute Gasteiger partial charge is 0.164 e. The van der Waals surface area contributed by atoms with Gasteiger partial charge in [0.1, 0.15) is 11.2 Å². The minimum Gasteiger partial charge on any atom is -0.456 e. The second kappa shape index (κ2) is 10.9. The second-order valence-electron chi connectivity index (χ2n) is 12.8. The van der Waals surface area contributed by atoms with E-state index in [0.29, 0.717) is 17.5 Å². The van der Waals surface area contributed by atoms with Crippen LogP contribution < -0.4 is 0 Å². The molecule has 0 radical (unpaired) electrons. The lowest BCUT2D eigenvalue weighted by molar-refractivity contribution is 0.669. The van der Waals surface area contributed by atoms with Gasteiger partial charge in [0.2, 0.25) is 0 Å². The molecule has 7 aromatic carbocycles. The van der Waals surface area contributed by atoms with Crippen molar-refractivity contribution in [2.24, 2.45) is 0 Å². The fourth-order valence-electron chi connectivity index (χ4n) is 7.51. The molecule has 238 valence electrons. The normalized spacial score (nSPS) is 11.9. The Morgan fingerprint density at radius 3 is 1.84 bits per heavy atom. The summed E-state index contributed by atoms with van der Waals surface area (Å²) in [5.41, 5.74) is 8.13. The highest BCUT2D eigenvalue weighted by molar-refractivity contribution is 7.25. The first-order valence-corrected chi connectivity index (χ1v) is 17.8. The van der Waals surface area contributed by atoms with Crippen molar-refractivity contribution in [1.29, 1.82) is 0 Å². The number of hydrogen-bond acceptors (Lipinski definition) is 5. The standard InChI is InChI=1S/C45H26N4OS/c1-3-11-27(12-4-1)43-46-44(28-13-5-2-6-14-28)48-45(47-43)29-19-21-32-35-26-30(20-24-39(35)51-40(32)25-29)49-36-17-9-7-15-31(36)33-22-23-38-41(42(33)49)34-16-8-10-18-37(34)50-38/h1-26H. The largest absolute Gasteiger partial charge is 0.456 e. The van der Waals surface area contributed by atoms with E-state index >= 15 is 0 Å². The number of furan rings is 1. The predicted molar refractivity (Wildman–Crippen MR) is 211 cm³/mol. The summed E-state index contributed by atoms with van der Waals surface area (Å²) < 4.78 is 11.2. The van der Waals surface area contributed by atoms with Gasteiger partial charge >= 0.3 is 0 Å². The average Bonchev–Trinajstić information content (AvgIpc) is 3.87. The molecule has 11 rings (SSSR count). The Morgan fingerprint density at radius 1 is 0.431 bits per heavy atom. The van der Waals surface area contributed by atoms with Crippen molar-refractivity contribution >= 4 is 75.3 Å². The molecule has 51 heavy (non-hydrogen) atoms. The molecule has 11 aromatic rings. The fourth-order valence-corrected chi connectivity index (χ4v) is 8.64. The van der Waals surface area contributed by atoms with E-state index in [-0.39, 0.29) is 0 Å². The highest BCUT2D eigenvalue weighted by atomic mass is 32.1. The van der Waals surface area contributed by atoms with Gasteiger partial charge in [-0.25, -0.2) is 15.0 Å². The highest BCUT2D eigenvalue weighted by Crippen LogP contribution is 2.43. The van der Waals surface area contributed by atoms with Crippen molar-refractivity contribution in [2.75, 3.05) is 0 Å². The van der Waals surface area contributed by atoms with E-state index in [9.17, 15) is 0 Å². The molecule has 0 saturated carbocycles. The zero-order valence-electron chi connectivity index (χ0n) is 27.1. The van der Waals surface area contributed by atoms with Gasteiger partial charge in [0.05, 0.1) is 16.4 Å². The molecule has 0 aliphatic carbocycles. The first-order chi connectivity index (χ1) is 25.3. The summed E-state index contributed by atoms with van der Waals surface area (Å²) in [4.78, 5) is 14.8. The predicted octanol–water partition coefficient (Wildman–Crippen LogP) is 12.2. The molecule has 0 bridgehead atoms. The molecule has 0 fully saturated rings. The summed E-state index contributed by atoms with van der Waals surface area (Å²) in [6.07, 6.45) is 0.